The Bertz CT molecular complexity index is 437. The normalized spacial score (nSPS) is 11.9. The van der Waals surface area contributed by atoms with Crippen LogP contribution in [0.2, 0.25) is 10.0 Å². The summed E-state index contributed by atoms with van der Waals surface area (Å²) >= 11 is 13.3. The number of benzene rings is 1. The highest BCUT2D eigenvalue weighted by molar-refractivity contribution is 7.99. The Morgan fingerprint density at radius 3 is 2.83 bits per heavy atom. The molecule has 18 heavy (non-hydrogen) atoms. The van der Waals surface area contributed by atoms with Crippen molar-refractivity contribution in [1.29, 1.82) is 0 Å². The molecule has 1 aromatic rings. The number of hydrogen-bond acceptors (Lipinski definition) is 2. The SMILES string of the molecule is C=CCNC(=O)C(C)SCc1ccc(Cl)c(Cl)c1. The van der Waals surface area contributed by atoms with Gasteiger partial charge >= 0.3 is 0 Å². The van der Waals surface area contributed by atoms with Crippen LogP contribution >= 0.6 is 35.0 Å². The van der Waals surface area contributed by atoms with Crippen molar-refractivity contribution >= 4 is 40.9 Å². The minimum absolute atomic E-state index is 0.0139. The maximum Gasteiger partial charge on any atom is 0.233 e. The summed E-state index contributed by atoms with van der Waals surface area (Å²) in [6, 6.07) is 5.50. The van der Waals surface area contributed by atoms with E-state index in [0.29, 0.717) is 16.6 Å². The number of halogens is 2. The van der Waals surface area contributed by atoms with Crippen molar-refractivity contribution in [1.82, 2.24) is 5.32 Å². The van der Waals surface area contributed by atoms with E-state index in [1.54, 1.807) is 23.9 Å². The summed E-state index contributed by atoms with van der Waals surface area (Å²) in [5, 5.41) is 3.74. The van der Waals surface area contributed by atoms with Crippen LogP contribution in [-0.2, 0) is 10.5 Å². The summed E-state index contributed by atoms with van der Waals surface area (Å²) in [7, 11) is 0. The molecule has 0 aromatic heterocycles. The van der Waals surface area contributed by atoms with Gasteiger partial charge < -0.3 is 5.32 Å². The highest BCUT2D eigenvalue weighted by Crippen LogP contribution is 2.25. The topological polar surface area (TPSA) is 29.1 Å². The molecule has 0 heterocycles. The van der Waals surface area contributed by atoms with Gasteiger partial charge in [-0.2, -0.15) is 0 Å². The molecule has 0 fully saturated rings. The van der Waals surface area contributed by atoms with Crippen LogP contribution in [0.3, 0.4) is 0 Å². The zero-order valence-electron chi connectivity index (χ0n) is 10.1. The van der Waals surface area contributed by atoms with E-state index in [9.17, 15) is 4.79 Å². The Hall–Kier alpha value is -0.640. The second-order valence-corrected chi connectivity index (χ2v) is 5.88. The molecule has 0 aliphatic carbocycles. The van der Waals surface area contributed by atoms with Gasteiger partial charge in [-0.05, 0) is 24.6 Å². The Labute approximate surface area is 122 Å². The molecule has 1 N–H and O–H groups in total. The van der Waals surface area contributed by atoms with Crippen LogP contribution in [0.15, 0.2) is 30.9 Å². The quantitative estimate of drug-likeness (QED) is 0.807. The van der Waals surface area contributed by atoms with Crippen molar-refractivity contribution in [2.75, 3.05) is 6.54 Å². The minimum atomic E-state index is -0.112. The van der Waals surface area contributed by atoms with Gasteiger partial charge in [0.1, 0.15) is 0 Å². The first-order valence-electron chi connectivity index (χ1n) is 5.48. The molecular formula is C13H15Cl2NOS. The lowest BCUT2D eigenvalue weighted by Gasteiger charge is -2.11. The zero-order chi connectivity index (χ0) is 13.5. The monoisotopic (exact) mass is 303 g/mol. The molecule has 0 spiro atoms. The van der Waals surface area contributed by atoms with Crippen molar-refractivity contribution in [3.05, 3.63) is 46.5 Å². The number of rotatable bonds is 6. The van der Waals surface area contributed by atoms with Gasteiger partial charge in [-0.3, -0.25) is 4.79 Å². The Morgan fingerprint density at radius 2 is 2.22 bits per heavy atom. The maximum absolute atomic E-state index is 11.6. The van der Waals surface area contributed by atoms with Crippen molar-refractivity contribution in [3.63, 3.8) is 0 Å². The number of thioether (sulfide) groups is 1. The Kier molecular flexibility index (Phi) is 6.61. The van der Waals surface area contributed by atoms with E-state index in [-0.39, 0.29) is 11.2 Å². The second-order valence-electron chi connectivity index (χ2n) is 3.74. The molecule has 1 unspecified atom stereocenters. The first-order valence-corrected chi connectivity index (χ1v) is 7.29. The van der Waals surface area contributed by atoms with E-state index in [0.717, 1.165) is 11.3 Å². The van der Waals surface area contributed by atoms with E-state index in [4.69, 9.17) is 23.2 Å². The van der Waals surface area contributed by atoms with Crippen molar-refractivity contribution in [2.24, 2.45) is 0 Å². The number of carbonyl (C=O) groups excluding carboxylic acids is 1. The van der Waals surface area contributed by atoms with Crippen LogP contribution in [-0.4, -0.2) is 17.7 Å². The van der Waals surface area contributed by atoms with Gasteiger partial charge in [0.15, 0.2) is 0 Å². The van der Waals surface area contributed by atoms with Crippen molar-refractivity contribution < 1.29 is 4.79 Å². The van der Waals surface area contributed by atoms with Gasteiger partial charge in [0, 0.05) is 12.3 Å². The van der Waals surface area contributed by atoms with Crippen LogP contribution in [0.1, 0.15) is 12.5 Å². The van der Waals surface area contributed by atoms with Crippen LogP contribution in [0, 0.1) is 0 Å². The third-order valence-electron chi connectivity index (χ3n) is 2.27. The van der Waals surface area contributed by atoms with Gasteiger partial charge in [-0.1, -0.05) is 35.3 Å². The number of nitrogens with one attached hydrogen (secondary N) is 1. The first kappa shape index (κ1) is 15.4. The van der Waals surface area contributed by atoms with Gasteiger partial charge in [0.05, 0.1) is 15.3 Å². The predicted molar refractivity (Wildman–Crippen MR) is 80.4 cm³/mol. The zero-order valence-corrected chi connectivity index (χ0v) is 12.4. The van der Waals surface area contributed by atoms with Gasteiger partial charge in [-0.15, -0.1) is 18.3 Å². The fraction of sp³-hybridized carbons (Fsp3) is 0.308. The molecule has 1 atom stereocenters. The third kappa shape index (κ3) is 4.92. The molecule has 0 aliphatic heterocycles. The largest absolute Gasteiger partial charge is 0.352 e. The third-order valence-corrected chi connectivity index (χ3v) is 4.23. The lowest BCUT2D eigenvalue weighted by Crippen LogP contribution is -2.30. The smallest absolute Gasteiger partial charge is 0.233 e. The Morgan fingerprint density at radius 1 is 1.50 bits per heavy atom. The van der Waals surface area contributed by atoms with Crippen LogP contribution in [0.5, 0.6) is 0 Å². The molecule has 5 heteroatoms. The summed E-state index contributed by atoms with van der Waals surface area (Å²) in [6.07, 6.45) is 1.66. The lowest BCUT2D eigenvalue weighted by molar-refractivity contribution is -0.120. The molecule has 1 aromatic carbocycles. The number of amides is 1. The van der Waals surface area contributed by atoms with E-state index >= 15 is 0 Å². The van der Waals surface area contributed by atoms with Crippen LogP contribution < -0.4 is 5.32 Å². The molecular weight excluding hydrogens is 289 g/mol. The summed E-state index contributed by atoms with van der Waals surface area (Å²) < 4.78 is 0. The fourth-order valence-corrected chi connectivity index (χ4v) is 2.42. The summed E-state index contributed by atoms with van der Waals surface area (Å²) in [5.74, 6) is 0.736. The Balaban J connectivity index is 2.46. The van der Waals surface area contributed by atoms with Crippen molar-refractivity contribution in [3.8, 4) is 0 Å². The van der Waals surface area contributed by atoms with E-state index in [1.807, 2.05) is 19.1 Å². The van der Waals surface area contributed by atoms with E-state index < -0.39 is 0 Å². The molecule has 0 aliphatic rings. The molecule has 1 amide bonds. The highest BCUT2D eigenvalue weighted by Gasteiger charge is 2.12. The molecule has 0 bridgehead atoms. The van der Waals surface area contributed by atoms with Gasteiger partial charge in [0.25, 0.3) is 0 Å². The standard InChI is InChI=1S/C13H15Cl2NOS/c1-3-6-16-13(17)9(2)18-8-10-4-5-11(14)12(15)7-10/h3-5,7,9H,1,6,8H2,2H3,(H,16,17). The number of carbonyl (C=O) groups is 1. The molecule has 0 radical (unpaired) electrons. The van der Waals surface area contributed by atoms with E-state index in [1.165, 1.54) is 0 Å². The summed E-state index contributed by atoms with van der Waals surface area (Å²) in [4.78, 5) is 11.6. The molecule has 0 saturated carbocycles. The summed E-state index contributed by atoms with van der Waals surface area (Å²) in [5.41, 5.74) is 1.05. The molecule has 0 saturated heterocycles. The predicted octanol–water partition coefficient (Wildman–Crippen LogP) is 3.92. The summed E-state index contributed by atoms with van der Waals surface area (Å²) in [6.45, 7) is 5.93. The van der Waals surface area contributed by atoms with Crippen LogP contribution in [0.4, 0.5) is 0 Å². The lowest BCUT2D eigenvalue weighted by atomic mass is 10.2. The molecule has 98 valence electrons. The minimum Gasteiger partial charge on any atom is -0.352 e. The highest BCUT2D eigenvalue weighted by atomic mass is 35.5. The first-order chi connectivity index (χ1) is 8.54. The second kappa shape index (κ2) is 7.72. The average molecular weight is 304 g/mol. The number of hydrogen-bond donors (Lipinski definition) is 1. The van der Waals surface area contributed by atoms with Crippen LogP contribution in [0.25, 0.3) is 0 Å². The van der Waals surface area contributed by atoms with Gasteiger partial charge in [-0.25, -0.2) is 0 Å². The maximum atomic E-state index is 11.6. The molecule has 2 nitrogen and oxygen atoms in total. The van der Waals surface area contributed by atoms with Gasteiger partial charge in [0.2, 0.25) is 5.91 Å². The van der Waals surface area contributed by atoms with E-state index in [2.05, 4.69) is 11.9 Å². The fourth-order valence-electron chi connectivity index (χ4n) is 1.24. The average Bonchev–Trinajstić information content (AvgIpc) is 2.36. The van der Waals surface area contributed by atoms with Crippen molar-refractivity contribution in [2.45, 2.75) is 17.9 Å². The molecule has 1 rings (SSSR count).